The summed E-state index contributed by atoms with van der Waals surface area (Å²) in [7, 11) is 0. The number of phenols is 2. The highest BCUT2D eigenvalue weighted by molar-refractivity contribution is 5.98. The van der Waals surface area contributed by atoms with E-state index < -0.39 is 17.9 Å². The van der Waals surface area contributed by atoms with Gasteiger partial charge in [0.25, 0.3) is 0 Å². The van der Waals surface area contributed by atoms with Crippen LogP contribution in [0.3, 0.4) is 0 Å². The maximum absolute atomic E-state index is 14.6. The zero-order valence-corrected chi connectivity index (χ0v) is 21.3. The number of alkyl halides is 3. The molecule has 1 saturated heterocycles. The summed E-state index contributed by atoms with van der Waals surface area (Å²) in [6.45, 7) is 4.98. The van der Waals surface area contributed by atoms with Crippen molar-refractivity contribution < 1.29 is 37.6 Å². The van der Waals surface area contributed by atoms with Crippen LogP contribution in [0.15, 0.2) is 66.7 Å². The summed E-state index contributed by atoms with van der Waals surface area (Å²) in [6.07, 6.45) is -3.93. The Morgan fingerprint density at radius 2 is 1.56 bits per heavy atom. The number of rotatable bonds is 8. The average Bonchev–Trinajstić information content (AvgIpc) is 2.92. The van der Waals surface area contributed by atoms with Crippen LogP contribution in [0.25, 0.3) is 11.1 Å². The average molecular weight is 542 g/mol. The Hall–Kier alpha value is -3.69. The molecule has 3 aromatic rings. The molecule has 9 heteroatoms. The van der Waals surface area contributed by atoms with E-state index in [9.17, 15) is 23.4 Å². The van der Waals surface area contributed by atoms with E-state index in [-0.39, 0.29) is 33.9 Å². The first-order chi connectivity index (χ1) is 18.8. The van der Waals surface area contributed by atoms with Gasteiger partial charge in [-0.2, -0.15) is 13.2 Å². The van der Waals surface area contributed by atoms with Gasteiger partial charge >= 0.3 is 6.18 Å². The maximum atomic E-state index is 14.6. The molecule has 0 saturated carbocycles. The second kappa shape index (κ2) is 11.6. The third-order valence-electron chi connectivity index (χ3n) is 6.90. The number of hydrogen-bond donors (Lipinski definition) is 2. The Bertz CT molecular complexity index is 1300. The fraction of sp³-hybridized carbons (Fsp3) is 0.333. The molecule has 39 heavy (non-hydrogen) atoms. The number of nitrogens with zero attached hydrogens (tertiary/aromatic N) is 1. The molecular weight excluding hydrogens is 511 g/mol. The van der Waals surface area contributed by atoms with Gasteiger partial charge in [0.2, 0.25) is 0 Å². The molecule has 2 aliphatic heterocycles. The van der Waals surface area contributed by atoms with Gasteiger partial charge in [-0.05, 0) is 66.9 Å². The molecular formula is C30H30F3NO5. The lowest BCUT2D eigenvalue weighted by atomic mass is 9.85. The van der Waals surface area contributed by atoms with E-state index >= 15 is 0 Å². The SMILES string of the molecule is Oc1ccc(C2=C(C(F)(F)F)c3ccc(O)cc3OC2c2ccc(OCCCCN3CCOCC3)cc2)cc1. The molecule has 0 aliphatic carbocycles. The Kier molecular flexibility index (Phi) is 7.99. The van der Waals surface area contributed by atoms with Crippen molar-refractivity contribution in [3.8, 4) is 23.0 Å². The molecule has 0 bridgehead atoms. The number of unbranched alkanes of at least 4 members (excludes halogenated alkanes) is 1. The predicted molar refractivity (Wildman–Crippen MR) is 141 cm³/mol. The normalized spacial score (nSPS) is 18.0. The van der Waals surface area contributed by atoms with E-state index in [4.69, 9.17) is 14.2 Å². The number of phenolic OH excluding ortho intramolecular Hbond substituents is 2. The standard InChI is InChI=1S/C30H30F3NO5/c31-30(32,33)28-25-12-9-23(36)19-26(25)39-29(27(28)20-3-7-22(35)8-4-20)21-5-10-24(11-6-21)38-16-2-1-13-34-14-17-37-18-15-34/h3-12,19,29,35-36H,1-2,13-18H2. The molecule has 2 N–H and O–H groups in total. The van der Waals surface area contributed by atoms with Crippen LogP contribution in [0.2, 0.25) is 0 Å². The van der Waals surface area contributed by atoms with Crippen molar-refractivity contribution >= 4 is 11.1 Å². The van der Waals surface area contributed by atoms with Crippen molar-refractivity contribution in [1.82, 2.24) is 4.90 Å². The number of aromatic hydroxyl groups is 2. The van der Waals surface area contributed by atoms with Crippen LogP contribution >= 0.6 is 0 Å². The Balaban J connectivity index is 1.38. The minimum atomic E-state index is -4.70. The van der Waals surface area contributed by atoms with E-state index in [1.165, 1.54) is 42.5 Å². The van der Waals surface area contributed by atoms with E-state index in [2.05, 4.69) is 4.90 Å². The molecule has 0 spiro atoms. The van der Waals surface area contributed by atoms with Crippen molar-refractivity contribution in [2.75, 3.05) is 39.5 Å². The lowest BCUT2D eigenvalue weighted by Crippen LogP contribution is -2.36. The van der Waals surface area contributed by atoms with E-state index in [0.717, 1.165) is 45.7 Å². The highest BCUT2D eigenvalue weighted by Crippen LogP contribution is 2.53. The first kappa shape index (κ1) is 26.9. The first-order valence-electron chi connectivity index (χ1n) is 12.9. The van der Waals surface area contributed by atoms with Gasteiger partial charge < -0.3 is 24.4 Å². The van der Waals surface area contributed by atoms with Crippen molar-refractivity contribution in [3.63, 3.8) is 0 Å². The summed E-state index contributed by atoms with van der Waals surface area (Å²) in [5, 5.41) is 19.7. The lowest BCUT2D eigenvalue weighted by Gasteiger charge is -2.33. The van der Waals surface area contributed by atoms with Gasteiger partial charge in [-0.1, -0.05) is 24.3 Å². The highest BCUT2D eigenvalue weighted by atomic mass is 19.4. The third-order valence-corrected chi connectivity index (χ3v) is 6.90. The molecule has 6 nitrogen and oxygen atoms in total. The van der Waals surface area contributed by atoms with Gasteiger partial charge in [0.05, 0.1) is 25.4 Å². The van der Waals surface area contributed by atoms with E-state index in [1.807, 2.05) is 0 Å². The zero-order valence-electron chi connectivity index (χ0n) is 21.3. The second-order valence-electron chi connectivity index (χ2n) is 9.59. The van der Waals surface area contributed by atoms with Gasteiger partial charge in [0.1, 0.15) is 23.0 Å². The Morgan fingerprint density at radius 3 is 2.26 bits per heavy atom. The summed E-state index contributed by atoms with van der Waals surface area (Å²) in [5.41, 5.74) is -0.313. The fourth-order valence-corrected chi connectivity index (χ4v) is 4.95. The van der Waals surface area contributed by atoms with E-state index in [0.29, 0.717) is 17.9 Å². The molecule has 0 aromatic heterocycles. The van der Waals surface area contributed by atoms with Gasteiger partial charge in [-0.3, -0.25) is 4.90 Å². The largest absolute Gasteiger partial charge is 0.508 e. The van der Waals surface area contributed by atoms with Crippen LogP contribution in [-0.4, -0.2) is 60.7 Å². The summed E-state index contributed by atoms with van der Waals surface area (Å²) in [6, 6.07) is 16.0. The predicted octanol–water partition coefficient (Wildman–Crippen LogP) is 6.20. The van der Waals surface area contributed by atoms with Crippen molar-refractivity contribution in [1.29, 1.82) is 0 Å². The van der Waals surface area contributed by atoms with E-state index in [1.54, 1.807) is 24.3 Å². The van der Waals surface area contributed by atoms with Crippen molar-refractivity contribution in [2.45, 2.75) is 25.1 Å². The minimum Gasteiger partial charge on any atom is -0.508 e. The van der Waals surface area contributed by atoms with Crippen LogP contribution in [-0.2, 0) is 4.74 Å². The number of benzene rings is 3. The van der Waals surface area contributed by atoms with Gasteiger partial charge in [0, 0.05) is 30.3 Å². The monoisotopic (exact) mass is 541 g/mol. The summed E-state index contributed by atoms with van der Waals surface area (Å²) in [5.74, 6) is 0.304. The molecule has 1 unspecified atom stereocenters. The summed E-state index contributed by atoms with van der Waals surface area (Å²) >= 11 is 0. The number of morpholine rings is 1. The van der Waals surface area contributed by atoms with Crippen LogP contribution in [0.5, 0.6) is 23.0 Å². The summed E-state index contributed by atoms with van der Waals surface area (Å²) < 4.78 is 61.0. The smallest absolute Gasteiger partial charge is 0.417 e. The number of halogens is 3. The number of allylic oxidation sites excluding steroid dienone is 1. The number of ether oxygens (including phenoxy) is 3. The molecule has 2 heterocycles. The van der Waals surface area contributed by atoms with Crippen molar-refractivity contribution in [3.05, 3.63) is 83.4 Å². The molecule has 206 valence electrons. The minimum absolute atomic E-state index is 0.0574. The molecule has 0 amide bonds. The fourth-order valence-electron chi connectivity index (χ4n) is 4.95. The quantitative estimate of drug-likeness (QED) is 0.331. The Labute approximate surface area is 224 Å². The van der Waals surface area contributed by atoms with Crippen LogP contribution in [0, 0.1) is 0 Å². The van der Waals surface area contributed by atoms with Crippen LogP contribution in [0.4, 0.5) is 13.2 Å². The molecule has 3 aromatic carbocycles. The van der Waals surface area contributed by atoms with Gasteiger partial charge in [-0.25, -0.2) is 0 Å². The zero-order chi connectivity index (χ0) is 27.4. The number of fused-ring (bicyclic) bond motifs is 1. The molecule has 0 radical (unpaired) electrons. The second-order valence-corrected chi connectivity index (χ2v) is 9.59. The lowest BCUT2D eigenvalue weighted by molar-refractivity contribution is -0.0695. The van der Waals surface area contributed by atoms with Gasteiger partial charge in [0.15, 0.2) is 6.10 Å². The molecule has 1 atom stereocenters. The summed E-state index contributed by atoms with van der Waals surface area (Å²) in [4.78, 5) is 2.37. The highest BCUT2D eigenvalue weighted by Gasteiger charge is 2.44. The molecule has 1 fully saturated rings. The third kappa shape index (κ3) is 6.32. The Morgan fingerprint density at radius 1 is 0.872 bits per heavy atom. The van der Waals surface area contributed by atoms with Crippen LogP contribution < -0.4 is 9.47 Å². The molecule has 2 aliphatic rings. The topological polar surface area (TPSA) is 71.4 Å². The van der Waals surface area contributed by atoms with Crippen molar-refractivity contribution in [2.24, 2.45) is 0 Å². The molecule has 5 rings (SSSR count). The maximum Gasteiger partial charge on any atom is 0.417 e. The van der Waals surface area contributed by atoms with Gasteiger partial charge in [-0.15, -0.1) is 0 Å². The first-order valence-corrected chi connectivity index (χ1v) is 12.9. The van der Waals surface area contributed by atoms with Crippen LogP contribution in [0.1, 0.15) is 35.6 Å². The number of hydrogen-bond acceptors (Lipinski definition) is 6.